The van der Waals surface area contributed by atoms with Gasteiger partial charge in [0, 0.05) is 23.5 Å². The molecule has 4 nitrogen and oxygen atoms in total. The molecule has 2 saturated heterocycles. The van der Waals surface area contributed by atoms with Crippen LogP contribution in [-0.2, 0) is 11.1 Å². The third-order valence-corrected chi connectivity index (χ3v) is 20.0. The van der Waals surface area contributed by atoms with E-state index in [0.717, 1.165) is 0 Å². The van der Waals surface area contributed by atoms with Crippen LogP contribution in [0.1, 0.15) is 195 Å². The van der Waals surface area contributed by atoms with Gasteiger partial charge in [-0.3, -0.25) is 9.80 Å². The molecule has 0 N–H and O–H groups in total. The molecule has 0 spiro atoms. The van der Waals surface area contributed by atoms with Crippen molar-refractivity contribution in [3.63, 3.8) is 0 Å². The van der Waals surface area contributed by atoms with Crippen LogP contribution in [-0.4, -0.2) is 34.2 Å². The van der Waals surface area contributed by atoms with E-state index < -0.39 is 0 Å². The lowest BCUT2D eigenvalue weighted by Crippen LogP contribution is -2.60. The van der Waals surface area contributed by atoms with E-state index >= 15 is 0 Å². The second-order valence-electron chi connectivity index (χ2n) is 26.0. The van der Waals surface area contributed by atoms with Gasteiger partial charge in [0.25, 0.3) is 0 Å². The minimum absolute atomic E-state index is 0.000294. The van der Waals surface area contributed by atoms with Crippen LogP contribution in [0.25, 0.3) is 0 Å². The Morgan fingerprint density at radius 3 is 1.64 bits per heavy atom. The summed E-state index contributed by atoms with van der Waals surface area (Å²) in [6.07, 6.45) is 16.4. The van der Waals surface area contributed by atoms with Gasteiger partial charge in [-0.15, -0.1) is 0 Å². The van der Waals surface area contributed by atoms with Gasteiger partial charge in [-0.2, -0.15) is 0 Å². The van der Waals surface area contributed by atoms with Gasteiger partial charge in [-0.1, -0.05) is 183 Å². The largest absolute Gasteiger partial charge is 0.350 e. The summed E-state index contributed by atoms with van der Waals surface area (Å²) in [6.45, 7) is 25.1. The molecule has 5 aromatic carbocycles. The van der Waals surface area contributed by atoms with Crippen LogP contribution in [0.3, 0.4) is 0 Å². The van der Waals surface area contributed by atoms with Crippen LogP contribution in [0.15, 0.2) is 121 Å². The summed E-state index contributed by atoms with van der Waals surface area (Å²) in [5.41, 5.74) is 15.1. The maximum Gasteiger partial charge on any atom is 0.0889 e. The lowest BCUT2D eigenvalue weighted by molar-refractivity contribution is -0.0648. The molecular formula is C66H84N4. The molecule has 4 heteroatoms. The number of fused-ring (bicyclic) bond motifs is 6. The van der Waals surface area contributed by atoms with E-state index in [1.165, 1.54) is 105 Å². The lowest BCUT2D eigenvalue weighted by Gasteiger charge is -2.54. The fourth-order valence-corrected chi connectivity index (χ4v) is 17.8. The topological polar surface area (TPSA) is 13.0 Å². The van der Waals surface area contributed by atoms with E-state index in [9.17, 15) is 0 Å². The predicted molar refractivity (Wildman–Crippen MR) is 292 cm³/mol. The average Bonchev–Trinajstić information content (AvgIpc) is 4.22. The number of hydrogen-bond acceptors (Lipinski definition) is 4. The van der Waals surface area contributed by atoms with Crippen molar-refractivity contribution in [2.24, 2.45) is 28.6 Å². The van der Waals surface area contributed by atoms with Crippen molar-refractivity contribution >= 4 is 11.4 Å². The normalized spacial score (nSPS) is 32.7. The molecule has 0 aromatic heterocycles. The fraction of sp³-hybridized carbons (Fsp3) is 0.545. The highest BCUT2D eigenvalue weighted by Gasteiger charge is 2.68. The van der Waals surface area contributed by atoms with Crippen molar-refractivity contribution in [1.29, 1.82) is 0 Å². The van der Waals surface area contributed by atoms with Gasteiger partial charge in [-0.05, 0) is 164 Å². The van der Waals surface area contributed by atoms with Gasteiger partial charge in [0.2, 0.25) is 0 Å². The molecule has 10 atom stereocenters. The Hall–Kier alpha value is -4.38. The van der Waals surface area contributed by atoms with E-state index in [-0.39, 0.29) is 28.1 Å². The van der Waals surface area contributed by atoms with Gasteiger partial charge in [0.05, 0.1) is 35.5 Å². The van der Waals surface area contributed by atoms with Gasteiger partial charge in [0.1, 0.15) is 0 Å². The summed E-state index contributed by atoms with van der Waals surface area (Å²) >= 11 is 0. The molecule has 5 aromatic rings. The van der Waals surface area contributed by atoms with E-state index in [0.29, 0.717) is 54.0 Å². The maximum absolute atomic E-state index is 3.21. The monoisotopic (exact) mass is 933 g/mol. The molecule has 70 heavy (non-hydrogen) atoms. The molecule has 4 aliphatic heterocycles. The highest BCUT2D eigenvalue weighted by Crippen LogP contribution is 2.68. The van der Waals surface area contributed by atoms with Crippen LogP contribution in [0, 0.1) is 42.4 Å². The van der Waals surface area contributed by atoms with Crippen molar-refractivity contribution in [3.8, 4) is 0 Å². The van der Waals surface area contributed by atoms with Gasteiger partial charge < -0.3 is 9.80 Å². The van der Waals surface area contributed by atoms with Gasteiger partial charge in [0.15, 0.2) is 0 Å². The first-order chi connectivity index (χ1) is 33.7. The van der Waals surface area contributed by atoms with Crippen LogP contribution in [0.2, 0.25) is 0 Å². The Morgan fingerprint density at radius 1 is 0.471 bits per heavy atom. The van der Waals surface area contributed by atoms with E-state index in [4.69, 9.17) is 0 Å². The van der Waals surface area contributed by atoms with Crippen molar-refractivity contribution in [3.05, 3.63) is 166 Å². The Labute approximate surface area is 423 Å². The molecule has 0 radical (unpaired) electrons. The Kier molecular flexibility index (Phi) is 11.4. The highest BCUT2D eigenvalue weighted by atomic mass is 15.5. The zero-order valence-electron chi connectivity index (χ0n) is 44.6. The second kappa shape index (κ2) is 17.1. The summed E-state index contributed by atoms with van der Waals surface area (Å²) in [7, 11) is 0. The van der Waals surface area contributed by atoms with E-state index in [1.807, 2.05) is 0 Å². The standard InChI is InChI=1S/C66H84N4/c1-43-25-17-24-36-57(43)67-45(3)60-54-33-21-23-35-56(54)66(51-30-18-19-31-51,70(60)61(67)63(5,6)7)52-39-37-48(42-52)47-38-40-58(44(2)41-47)68-46(4)59-53-32-20-22-34-55(53)65(49-26-13-11-14-27-49,50-28-15-12-16-29-50)69(59)62(68)64(8,9)10/h11,13-14,17,20-27,32-36,38,40-41,45-46,48,50-52,59-62H,12,15-16,18-19,28-31,37,39,42H2,1-10H3/t45-,46-,48?,52?,59?,60?,61?,62?,65?,66?/m0/s1. The molecule has 3 aliphatic carbocycles. The first-order valence-corrected chi connectivity index (χ1v) is 28.2. The maximum atomic E-state index is 3.21. The lowest BCUT2D eigenvalue weighted by atomic mass is 9.66. The Balaban J connectivity index is 0.931. The number of rotatable bonds is 7. The molecule has 0 bridgehead atoms. The van der Waals surface area contributed by atoms with Gasteiger partial charge in [-0.25, -0.2) is 0 Å². The minimum Gasteiger partial charge on any atom is -0.350 e. The molecule has 12 rings (SSSR count). The number of hydrogen-bond donors (Lipinski definition) is 0. The molecule has 368 valence electrons. The number of anilines is 2. The summed E-state index contributed by atoms with van der Waals surface area (Å²) in [5.74, 6) is 2.41. The molecule has 4 heterocycles. The second-order valence-corrected chi connectivity index (χ2v) is 26.0. The Morgan fingerprint density at radius 2 is 1.00 bits per heavy atom. The van der Waals surface area contributed by atoms with Crippen molar-refractivity contribution in [2.45, 2.75) is 200 Å². The number of para-hydroxylation sites is 1. The third kappa shape index (κ3) is 6.65. The SMILES string of the molecule is Cc1cc(C2CCC(C3(C4CCCC4)c4ccccc4C4[C@H](C)N(c5ccccc5C)C(C(C)(C)C)N43)C2)ccc1N1C(C(C)(C)C)N2C(c3ccccc3C2(c2ccccc2)C2CCCCC2)[C@@H]1C. The average molecular weight is 933 g/mol. The molecular weight excluding hydrogens is 849 g/mol. The zero-order chi connectivity index (χ0) is 48.5. The third-order valence-electron chi connectivity index (χ3n) is 20.0. The van der Waals surface area contributed by atoms with Crippen molar-refractivity contribution in [2.75, 3.05) is 9.80 Å². The van der Waals surface area contributed by atoms with Crippen LogP contribution < -0.4 is 9.80 Å². The summed E-state index contributed by atoms with van der Waals surface area (Å²) in [4.78, 5) is 12.1. The quantitative estimate of drug-likeness (QED) is 0.161. The predicted octanol–water partition coefficient (Wildman–Crippen LogP) is 16.4. The fourth-order valence-electron chi connectivity index (χ4n) is 17.8. The molecule has 3 saturated carbocycles. The molecule has 5 fully saturated rings. The van der Waals surface area contributed by atoms with Crippen LogP contribution in [0.4, 0.5) is 11.4 Å². The Bertz CT molecular complexity index is 2710. The van der Waals surface area contributed by atoms with Gasteiger partial charge >= 0.3 is 0 Å². The smallest absolute Gasteiger partial charge is 0.0889 e. The number of nitrogens with zero attached hydrogens (tertiary/aromatic N) is 4. The zero-order valence-corrected chi connectivity index (χ0v) is 44.6. The van der Waals surface area contributed by atoms with Crippen LogP contribution >= 0.6 is 0 Å². The summed E-state index contributed by atoms with van der Waals surface area (Å²) < 4.78 is 0. The van der Waals surface area contributed by atoms with Crippen molar-refractivity contribution < 1.29 is 0 Å². The number of aryl methyl sites for hydroxylation is 2. The molecule has 7 aliphatic rings. The first-order valence-electron chi connectivity index (χ1n) is 28.2. The first kappa shape index (κ1) is 46.7. The van der Waals surface area contributed by atoms with Crippen LogP contribution in [0.5, 0.6) is 0 Å². The summed E-state index contributed by atoms with van der Waals surface area (Å²) in [5, 5.41) is 0. The minimum atomic E-state index is -0.167. The van der Waals surface area contributed by atoms with E-state index in [1.54, 1.807) is 27.8 Å². The van der Waals surface area contributed by atoms with Crippen molar-refractivity contribution in [1.82, 2.24) is 9.80 Å². The summed E-state index contributed by atoms with van der Waals surface area (Å²) in [6, 6.07) is 49.9. The number of benzene rings is 5. The molecule has 8 unspecified atom stereocenters. The molecule has 0 amide bonds. The van der Waals surface area contributed by atoms with E-state index in [2.05, 4.69) is 210 Å². The highest BCUT2D eigenvalue weighted by molar-refractivity contribution is 5.63.